The number of guanidine groups is 1. The number of pyridine rings is 1. The van der Waals surface area contributed by atoms with E-state index in [1.54, 1.807) is 14.2 Å². The summed E-state index contributed by atoms with van der Waals surface area (Å²) in [6.07, 6.45) is 6.00. The molecule has 2 aromatic rings. The van der Waals surface area contributed by atoms with Gasteiger partial charge in [-0.3, -0.25) is 4.99 Å². The Balaban J connectivity index is 1.64. The van der Waals surface area contributed by atoms with Crippen molar-refractivity contribution in [2.75, 3.05) is 54.0 Å². The maximum absolute atomic E-state index is 5.07. The highest BCUT2D eigenvalue weighted by atomic mass is 16.5. The first kappa shape index (κ1) is 19.2. The molecule has 0 unspecified atom stereocenters. The summed E-state index contributed by atoms with van der Waals surface area (Å²) in [6, 6.07) is 6.03. The Hall–Kier alpha value is -2.12. The second-order valence-corrected chi connectivity index (χ2v) is 6.02. The van der Waals surface area contributed by atoms with Gasteiger partial charge in [0, 0.05) is 65.8 Å². The lowest BCUT2D eigenvalue weighted by Crippen LogP contribution is -2.41. The third-order valence-electron chi connectivity index (χ3n) is 3.99. The molecule has 0 bridgehead atoms. The number of hydrogen-bond donors (Lipinski definition) is 2. The Morgan fingerprint density at radius 2 is 2.12 bits per heavy atom. The Labute approximate surface area is 150 Å². The first-order valence-corrected chi connectivity index (χ1v) is 8.77. The monoisotopic (exact) mass is 346 g/mol. The minimum atomic E-state index is 0.799. The number of ether oxygens (including phenoxy) is 1. The van der Waals surface area contributed by atoms with Gasteiger partial charge in [0.25, 0.3) is 0 Å². The third kappa shape index (κ3) is 6.72. The number of likely N-dealkylation sites (N-methyl/N-ethyl adjacent to an activating group) is 1. The molecule has 0 radical (unpaired) electrons. The normalized spacial score (nSPS) is 12.1. The van der Waals surface area contributed by atoms with E-state index in [0.717, 1.165) is 62.9 Å². The van der Waals surface area contributed by atoms with Gasteiger partial charge in [0.2, 0.25) is 0 Å². The molecule has 2 aromatic heterocycles. The van der Waals surface area contributed by atoms with Crippen molar-refractivity contribution in [1.29, 1.82) is 0 Å². The van der Waals surface area contributed by atoms with Crippen LogP contribution in [0.2, 0.25) is 0 Å². The van der Waals surface area contributed by atoms with Gasteiger partial charge in [-0.1, -0.05) is 6.07 Å². The fourth-order valence-electron chi connectivity index (χ4n) is 2.59. The number of hydrogen-bond acceptors (Lipinski definition) is 4. The number of imidazole rings is 1. The largest absolute Gasteiger partial charge is 0.385 e. The highest BCUT2D eigenvalue weighted by Crippen LogP contribution is 2.04. The fourth-order valence-corrected chi connectivity index (χ4v) is 2.59. The van der Waals surface area contributed by atoms with E-state index in [-0.39, 0.29) is 0 Å². The second kappa shape index (κ2) is 10.7. The van der Waals surface area contributed by atoms with Gasteiger partial charge < -0.3 is 24.7 Å². The molecule has 0 aliphatic rings. The van der Waals surface area contributed by atoms with Crippen molar-refractivity contribution in [2.24, 2.45) is 4.99 Å². The maximum atomic E-state index is 5.07. The first-order valence-electron chi connectivity index (χ1n) is 8.77. The fraction of sp³-hybridized carbons (Fsp3) is 0.556. The Kier molecular flexibility index (Phi) is 8.21. The molecule has 0 aliphatic carbocycles. The zero-order valence-electron chi connectivity index (χ0n) is 15.5. The molecule has 7 nitrogen and oxygen atoms in total. The number of fused-ring (bicyclic) bond motifs is 1. The van der Waals surface area contributed by atoms with E-state index < -0.39 is 0 Å². The number of methoxy groups -OCH3 is 1. The molecule has 25 heavy (non-hydrogen) atoms. The average molecular weight is 346 g/mol. The smallest absolute Gasteiger partial charge is 0.191 e. The van der Waals surface area contributed by atoms with Crippen molar-refractivity contribution in [3.8, 4) is 0 Å². The van der Waals surface area contributed by atoms with Crippen LogP contribution in [0.1, 0.15) is 12.1 Å². The minimum Gasteiger partial charge on any atom is -0.385 e. The summed E-state index contributed by atoms with van der Waals surface area (Å²) in [5, 5.41) is 6.68. The zero-order valence-corrected chi connectivity index (χ0v) is 15.5. The third-order valence-corrected chi connectivity index (χ3v) is 3.99. The van der Waals surface area contributed by atoms with Crippen LogP contribution in [-0.4, -0.2) is 74.2 Å². The summed E-state index contributed by atoms with van der Waals surface area (Å²) in [7, 11) is 5.66. The van der Waals surface area contributed by atoms with E-state index in [1.165, 1.54) is 0 Å². The molecule has 0 saturated carbocycles. The predicted octanol–water partition coefficient (Wildman–Crippen LogP) is 1.01. The molecular weight excluding hydrogens is 316 g/mol. The van der Waals surface area contributed by atoms with E-state index >= 15 is 0 Å². The van der Waals surface area contributed by atoms with Crippen molar-refractivity contribution < 1.29 is 4.74 Å². The van der Waals surface area contributed by atoms with Crippen molar-refractivity contribution in [2.45, 2.75) is 12.8 Å². The van der Waals surface area contributed by atoms with E-state index in [4.69, 9.17) is 4.74 Å². The molecule has 0 fully saturated rings. The molecule has 0 atom stereocenters. The summed E-state index contributed by atoms with van der Waals surface area (Å²) in [6.45, 7) is 4.47. The number of rotatable bonds is 10. The molecular formula is C18H30N6O. The predicted molar refractivity (Wildman–Crippen MR) is 102 cm³/mol. The van der Waals surface area contributed by atoms with Crippen molar-refractivity contribution in [3.63, 3.8) is 0 Å². The van der Waals surface area contributed by atoms with Crippen LogP contribution in [0.15, 0.2) is 35.6 Å². The highest BCUT2D eigenvalue weighted by molar-refractivity contribution is 5.79. The second-order valence-electron chi connectivity index (χ2n) is 6.02. The molecule has 2 heterocycles. The van der Waals surface area contributed by atoms with Gasteiger partial charge in [-0.05, 0) is 25.6 Å². The van der Waals surface area contributed by atoms with Gasteiger partial charge in [0.1, 0.15) is 5.65 Å². The number of nitrogens with one attached hydrogen (secondary N) is 2. The van der Waals surface area contributed by atoms with Gasteiger partial charge in [-0.15, -0.1) is 0 Å². The van der Waals surface area contributed by atoms with Crippen molar-refractivity contribution in [3.05, 3.63) is 36.3 Å². The van der Waals surface area contributed by atoms with Gasteiger partial charge >= 0.3 is 0 Å². The Bertz CT molecular complexity index is 621. The molecule has 2 rings (SSSR count). The zero-order chi connectivity index (χ0) is 17.9. The summed E-state index contributed by atoms with van der Waals surface area (Å²) in [4.78, 5) is 11.2. The summed E-state index contributed by atoms with van der Waals surface area (Å²) < 4.78 is 7.12. The van der Waals surface area contributed by atoms with Crippen LogP contribution in [0, 0.1) is 0 Å². The quantitative estimate of drug-likeness (QED) is 0.382. The van der Waals surface area contributed by atoms with Gasteiger partial charge in [-0.25, -0.2) is 4.98 Å². The lowest BCUT2D eigenvalue weighted by molar-refractivity contribution is 0.180. The molecule has 0 aromatic carbocycles. The summed E-state index contributed by atoms with van der Waals surface area (Å²) in [5.41, 5.74) is 2.06. The van der Waals surface area contributed by atoms with Crippen LogP contribution >= 0.6 is 0 Å². The van der Waals surface area contributed by atoms with E-state index in [0.29, 0.717) is 0 Å². The molecule has 0 amide bonds. The topological polar surface area (TPSA) is 66.2 Å². The maximum Gasteiger partial charge on any atom is 0.191 e. The molecule has 0 saturated heterocycles. The SMILES string of the molecule is CN=C(NCCc1cn2ccccc2n1)NCCN(C)CCCOC. The summed E-state index contributed by atoms with van der Waals surface area (Å²) in [5.74, 6) is 0.828. The van der Waals surface area contributed by atoms with E-state index in [2.05, 4.69) is 38.8 Å². The van der Waals surface area contributed by atoms with Crippen LogP contribution in [0.3, 0.4) is 0 Å². The number of nitrogens with zero attached hydrogens (tertiary/aromatic N) is 4. The molecule has 0 aliphatic heterocycles. The average Bonchev–Trinajstić information content (AvgIpc) is 3.03. The molecule has 7 heteroatoms. The standard InChI is InChI=1S/C18H30N6O/c1-19-18(21-10-13-23(2)11-6-14-25-3)20-9-8-16-15-24-12-5-4-7-17(24)22-16/h4-5,7,12,15H,6,8-11,13-14H2,1-3H3,(H2,19,20,21). The Morgan fingerprint density at radius 3 is 2.88 bits per heavy atom. The molecule has 0 spiro atoms. The summed E-state index contributed by atoms with van der Waals surface area (Å²) >= 11 is 0. The molecule has 138 valence electrons. The minimum absolute atomic E-state index is 0.799. The highest BCUT2D eigenvalue weighted by Gasteiger charge is 2.03. The van der Waals surface area contributed by atoms with Crippen LogP contribution in [0.5, 0.6) is 0 Å². The lowest BCUT2D eigenvalue weighted by Gasteiger charge is -2.18. The first-order chi connectivity index (χ1) is 12.2. The lowest BCUT2D eigenvalue weighted by atomic mass is 10.3. The van der Waals surface area contributed by atoms with E-state index in [9.17, 15) is 0 Å². The van der Waals surface area contributed by atoms with Gasteiger partial charge in [0.15, 0.2) is 5.96 Å². The molecule has 2 N–H and O–H groups in total. The van der Waals surface area contributed by atoms with Crippen LogP contribution in [-0.2, 0) is 11.2 Å². The Morgan fingerprint density at radius 1 is 1.28 bits per heavy atom. The van der Waals surface area contributed by atoms with E-state index in [1.807, 2.05) is 28.8 Å². The van der Waals surface area contributed by atoms with Crippen molar-refractivity contribution >= 4 is 11.6 Å². The van der Waals surface area contributed by atoms with Gasteiger partial charge in [0.05, 0.1) is 5.69 Å². The number of aliphatic imine (C=N–C) groups is 1. The van der Waals surface area contributed by atoms with Crippen LogP contribution < -0.4 is 10.6 Å². The number of aromatic nitrogens is 2. The van der Waals surface area contributed by atoms with Crippen LogP contribution in [0.25, 0.3) is 5.65 Å². The van der Waals surface area contributed by atoms with Gasteiger partial charge in [-0.2, -0.15) is 0 Å². The van der Waals surface area contributed by atoms with Crippen molar-refractivity contribution in [1.82, 2.24) is 24.9 Å². The van der Waals surface area contributed by atoms with Crippen LogP contribution in [0.4, 0.5) is 0 Å².